The molecule has 94 valence electrons. The molecule has 2 atom stereocenters. The first-order chi connectivity index (χ1) is 7.47. The van der Waals surface area contributed by atoms with Crippen molar-refractivity contribution in [1.82, 2.24) is 4.90 Å². The van der Waals surface area contributed by atoms with Crippen molar-refractivity contribution in [3.05, 3.63) is 0 Å². The van der Waals surface area contributed by atoms with Crippen molar-refractivity contribution in [1.29, 1.82) is 0 Å². The van der Waals surface area contributed by atoms with Gasteiger partial charge in [-0.05, 0) is 32.6 Å². The van der Waals surface area contributed by atoms with Crippen LogP contribution in [0.2, 0.25) is 0 Å². The zero-order chi connectivity index (χ0) is 12.3. The second-order valence-corrected chi connectivity index (χ2v) is 5.30. The molecule has 3 nitrogen and oxygen atoms in total. The molecule has 0 aliphatic heterocycles. The molecule has 1 saturated carbocycles. The molecule has 0 heterocycles. The van der Waals surface area contributed by atoms with Gasteiger partial charge in [0.2, 0.25) is 5.91 Å². The van der Waals surface area contributed by atoms with Crippen LogP contribution in [0.4, 0.5) is 0 Å². The SMILES string of the molecule is CCC(CC)N(C)C(=O)C1(C)CCCC1N. The number of carbonyl (C=O) groups excluding carboxylic acids is 1. The molecule has 0 saturated heterocycles. The Morgan fingerprint density at radius 2 is 2.06 bits per heavy atom. The molecule has 1 aliphatic rings. The lowest BCUT2D eigenvalue weighted by atomic mass is 9.83. The summed E-state index contributed by atoms with van der Waals surface area (Å²) in [4.78, 5) is 14.4. The zero-order valence-corrected chi connectivity index (χ0v) is 11.1. The second kappa shape index (κ2) is 5.17. The van der Waals surface area contributed by atoms with Crippen LogP contribution in [0.1, 0.15) is 52.9 Å². The molecule has 1 rings (SSSR count). The number of rotatable bonds is 4. The van der Waals surface area contributed by atoms with Gasteiger partial charge in [0.1, 0.15) is 0 Å². The highest BCUT2D eigenvalue weighted by atomic mass is 16.2. The van der Waals surface area contributed by atoms with E-state index in [1.807, 2.05) is 18.9 Å². The quantitative estimate of drug-likeness (QED) is 0.798. The third-order valence-electron chi connectivity index (χ3n) is 4.33. The van der Waals surface area contributed by atoms with E-state index in [1.54, 1.807) is 0 Å². The van der Waals surface area contributed by atoms with Gasteiger partial charge in [0, 0.05) is 19.1 Å². The second-order valence-electron chi connectivity index (χ2n) is 5.30. The van der Waals surface area contributed by atoms with Crippen LogP contribution in [0.5, 0.6) is 0 Å². The van der Waals surface area contributed by atoms with Crippen LogP contribution in [0.3, 0.4) is 0 Å². The summed E-state index contributed by atoms with van der Waals surface area (Å²) < 4.78 is 0. The standard InChI is InChI=1S/C13H26N2O/c1-5-10(6-2)15(4)12(16)13(3)9-7-8-11(13)14/h10-11H,5-9,14H2,1-4H3. The first kappa shape index (κ1) is 13.5. The molecular formula is C13H26N2O. The lowest BCUT2D eigenvalue weighted by Crippen LogP contribution is -2.50. The van der Waals surface area contributed by atoms with Gasteiger partial charge in [0.15, 0.2) is 0 Å². The smallest absolute Gasteiger partial charge is 0.230 e. The normalized spacial score (nSPS) is 29.8. The van der Waals surface area contributed by atoms with E-state index in [1.165, 1.54) is 0 Å². The average molecular weight is 226 g/mol. The molecule has 2 N–H and O–H groups in total. The number of hydrogen-bond donors (Lipinski definition) is 1. The molecule has 0 radical (unpaired) electrons. The van der Waals surface area contributed by atoms with Gasteiger partial charge < -0.3 is 10.6 Å². The lowest BCUT2D eigenvalue weighted by Gasteiger charge is -2.36. The summed E-state index contributed by atoms with van der Waals surface area (Å²) in [6.45, 7) is 6.30. The lowest BCUT2D eigenvalue weighted by molar-refractivity contribution is -0.142. The van der Waals surface area contributed by atoms with Crippen LogP contribution in [0, 0.1) is 5.41 Å². The fourth-order valence-corrected chi connectivity index (χ4v) is 2.86. The van der Waals surface area contributed by atoms with Crippen molar-refractivity contribution >= 4 is 5.91 Å². The number of nitrogens with zero attached hydrogens (tertiary/aromatic N) is 1. The van der Waals surface area contributed by atoms with Crippen LogP contribution in [0.25, 0.3) is 0 Å². The largest absolute Gasteiger partial charge is 0.342 e. The number of nitrogens with two attached hydrogens (primary N) is 1. The van der Waals surface area contributed by atoms with Crippen LogP contribution in [-0.4, -0.2) is 29.9 Å². The van der Waals surface area contributed by atoms with E-state index in [9.17, 15) is 4.79 Å². The highest BCUT2D eigenvalue weighted by molar-refractivity contribution is 5.83. The Balaban J connectivity index is 2.76. The van der Waals surface area contributed by atoms with Gasteiger partial charge in [0.25, 0.3) is 0 Å². The highest BCUT2D eigenvalue weighted by Crippen LogP contribution is 2.38. The van der Waals surface area contributed by atoms with E-state index >= 15 is 0 Å². The van der Waals surface area contributed by atoms with Crippen LogP contribution in [0.15, 0.2) is 0 Å². The summed E-state index contributed by atoms with van der Waals surface area (Å²) >= 11 is 0. The summed E-state index contributed by atoms with van der Waals surface area (Å²) in [7, 11) is 1.93. The minimum absolute atomic E-state index is 0.0387. The van der Waals surface area contributed by atoms with Crippen molar-refractivity contribution in [3.63, 3.8) is 0 Å². The minimum atomic E-state index is -0.322. The van der Waals surface area contributed by atoms with Gasteiger partial charge in [-0.3, -0.25) is 4.79 Å². The molecule has 0 aromatic heterocycles. The maximum Gasteiger partial charge on any atom is 0.230 e. The first-order valence-electron chi connectivity index (χ1n) is 6.50. The summed E-state index contributed by atoms with van der Waals surface area (Å²) in [5.41, 5.74) is 5.77. The summed E-state index contributed by atoms with van der Waals surface area (Å²) in [6.07, 6.45) is 5.05. The molecule has 1 aliphatic carbocycles. The molecule has 0 bridgehead atoms. The Morgan fingerprint density at radius 1 is 1.50 bits per heavy atom. The van der Waals surface area contributed by atoms with E-state index in [0.717, 1.165) is 32.1 Å². The number of amides is 1. The fourth-order valence-electron chi connectivity index (χ4n) is 2.86. The fraction of sp³-hybridized carbons (Fsp3) is 0.923. The van der Waals surface area contributed by atoms with Gasteiger partial charge in [0.05, 0.1) is 5.41 Å². The van der Waals surface area contributed by atoms with Crippen LogP contribution >= 0.6 is 0 Å². The van der Waals surface area contributed by atoms with Gasteiger partial charge in [-0.2, -0.15) is 0 Å². The molecule has 3 heteroatoms. The van der Waals surface area contributed by atoms with Crippen molar-refractivity contribution in [2.24, 2.45) is 11.1 Å². The molecule has 0 spiro atoms. The number of hydrogen-bond acceptors (Lipinski definition) is 2. The molecule has 2 unspecified atom stereocenters. The predicted molar refractivity (Wildman–Crippen MR) is 67.1 cm³/mol. The predicted octanol–water partition coefficient (Wildman–Crippen LogP) is 2.15. The summed E-state index contributed by atoms with van der Waals surface area (Å²) in [5.74, 6) is 0.242. The van der Waals surface area contributed by atoms with Gasteiger partial charge in [-0.1, -0.05) is 20.3 Å². The highest BCUT2D eigenvalue weighted by Gasteiger charge is 2.45. The molecule has 0 aromatic carbocycles. The molecule has 16 heavy (non-hydrogen) atoms. The third kappa shape index (κ3) is 2.24. The van der Waals surface area contributed by atoms with Gasteiger partial charge >= 0.3 is 0 Å². The third-order valence-corrected chi connectivity index (χ3v) is 4.33. The van der Waals surface area contributed by atoms with Crippen LogP contribution in [-0.2, 0) is 4.79 Å². The maximum absolute atomic E-state index is 12.5. The maximum atomic E-state index is 12.5. The monoisotopic (exact) mass is 226 g/mol. The van der Waals surface area contributed by atoms with Crippen molar-refractivity contribution in [2.75, 3.05) is 7.05 Å². The molecule has 1 amide bonds. The average Bonchev–Trinajstić information content (AvgIpc) is 2.61. The summed E-state index contributed by atoms with van der Waals surface area (Å²) in [5, 5.41) is 0. The Hall–Kier alpha value is -0.570. The zero-order valence-electron chi connectivity index (χ0n) is 11.1. The Labute approximate surface area is 99.4 Å². The topological polar surface area (TPSA) is 46.3 Å². The van der Waals surface area contributed by atoms with Crippen molar-refractivity contribution < 1.29 is 4.79 Å². The number of carbonyl (C=O) groups is 1. The van der Waals surface area contributed by atoms with E-state index in [-0.39, 0.29) is 17.4 Å². The molecule has 0 aromatic rings. The van der Waals surface area contributed by atoms with Gasteiger partial charge in [-0.25, -0.2) is 0 Å². The van der Waals surface area contributed by atoms with E-state index < -0.39 is 0 Å². The van der Waals surface area contributed by atoms with Crippen molar-refractivity contribution in [3.8, 4) is 0 Å². The Kier molecular flexibility index (Phi) is 4.36. The van der Waals surface area contributed by atoms with E-state index in [4.69, 9.17) is 5.73 Å². The Bertz CT molecular complexity index is 250. The van der Waals surface area contributed by atoms with Crippen molar-refractivity contribution in [2.45, 2.75) is 65.0 Å². The Morgan fingerprint density at radius 3 is 2.44 bits per heavy atom. The minimum Gasteiger partial charge on any atom is -0.342 e. The molecular weight excluding hydrogens is 200 g/mol. The van der Waals surface area contributed by atoms with E-state index in [0.29, 0.717) is 6.04 Å². The molecule has 1 fully saturated rings. The first-order valence-corrected chi connectivity index (χ1v) is 6.50. The van der Waals surface area contributed by atoms with Gasteiger partial charge in [-0.15, -0.1) is 0 Å². The van der Waals surface area contributed by atoms with E-state index in [2.05, 4.69) is 13.8 Å². The summed E-state index contributed by atoms with van der Waals surface area (Å²) in [6, 6.07) is 0.397. The van der Waals surface area contributed by atoms with Crippen LogP contribution < -0.4 is 5.73 Å².